The number of benzene rings is 1. The Bertz CT molecular complexity index is 977. The summed E-state index contributed by atoms with van der Waals surface area (Å²) >= 11 is 12.2. The Morgan fingerprint density at radius 3 is 2.81 bits per heavy atom. The second-order valence-electron chi connectivity index (χ2n) is 5.45. The van der Waals surface area contributed by atoms with Crippen molar-refractivity contribution in [2.24, 2.45) is 7.05 Å². The lowest BCUT2D eigenvalue weighted by molar-refractivity contribution is 0.0953. The number of carbonyl (C=O) groups is 1. The Balaban J connectivity index is 1.61. The van der Waals surface area contributed by atoms with Crippen LogP contribution in [0.25, 0.3) is 0 Å². The fraction of sp³-hybridized carbons (Fsp3) is 0.250. The third kappa shape index (κ3) is 4.29. The van der Waals surface area contributed by atoms with Gasteiger partial charge < -0.3 is 14.6 Å². The zero-order valence-corrected chi connectivity index (χ0v) is 16.5. The molecule has 3 aromatic rings. The molecule has 2 heterocycles. The van der Waals surface area contributed by atoms with Gasteiger partial charge in [0.15, 0.2) is 10.6 Å². The number of H-pyrrole nitrogens is 1. The number of aromatic amines is 1. The first-order chi connectivity index (χ1) is 12.4. The van der Waals surface area contributed by atoms with Crippen molar-refractivity contribution in [3.05, 3.63) is 55.5 Å². The predicted molar refractivity (Wildman–Crippen MR) is 102 cm³/mol. The molecule has 1 aromatic carbocycles. The number of nitrogens with zero attached hydrogens (tertiary/aromatic N) is 3. The Kier molecular flexibility index (Phi) is 5.70. The van der Waals surface area contributed by atoms with Crippen LogP contribution >= 0.6 is 35.2 Å². The summed E-state index contributed by atoms with van der Waals surface area (Å²) in [6.07, 6.45) is 0. The topological polar surface area (TPSA) is 84.8 Å². The average Bonchev–Trinajstić information content (AvgIpc) is 3.15. The molecule has 0 unspecified atom stereocenters. The summed E-state index contributed by atoms with van der Waals surface area (Å²) in [6.45, 7) is 2.36. The van der Waals surface area contributed by atoms with Crippen LogP contribution in [0.5, 0.6) is 5.75 Å². The minimum Gasteiger partial charge on any atom is -0.486 e. The molecule has 0 fully saturated rings. The van der Waals surface area contributed by atoms with E-state index in [1.165, 1.54) is 11.3 Å². The van der Waals surface area contributed by atoms with Crippen molar-refractivity contribution in [1.29, 1.82) is 0 Å². The molecule has 136 valence electrons. The average molecular weight is 410 g/mol. The molecule has 0 aliphatic rings. The molecule has 0 saturated carbocycles. The lowest BCUT2D eigenvalue weighted by Gasteiger charge is -2.04. The largest absolute Gasteiger partial charge is 0.486 e. The van der Waals surface area contributed by atoms with Gasteiger partial charge in [0, 0.05) is 12.1 Å². The van der Waals surface area contributed by atoms with Crippen LogP contribution in [0.1, 0.15) is 26.2 Å². The normalized spacial score (nSPS) is 10.7. The molecule has 0 radical (unpaired) electrons. The van der Waals surface area contributed by atoms with E-state index in [2.05, 4.69) is 20.5 Å². The van der Waals surface area contributed by atoms with Crippen molar-refractivity contribution < 1.29 is 9.53 Å². The van der Waals surface area contributed by atoms with Crippen LogP contribution in [0.3, 0.4) is 0 Å². The van der Waals surface area contributed by atoms with Gasteiger partial charge in [0.05, 0.1) is 12.2 Å². The molecule has 2 aromatic heterocycles. The summed E-state index contributed by atoms with van der Waals surface area (Å²) in [4.78, 5) is 17.4. The number of carbonyl (C=O) groups excluding carboxylic acids is 1. The lowest BCUT2D eigenvalue weighted by Crippen LogP contribution is -2.24. The molecule has 0 aliphatic heterocycles. The van der Waals surface area contributed by atoms with Gasteiger partial charge in [-0.3, -0.25) is 9.89 Å². The van der Waals surface area contributed by atoms with Crippen molar-refractivity contribution in [2.45, 2.75) is 20.1 Å². The number of hydrogen-bond acceptors (Lipinski definition) is 6. The van der Waals surface area contributed by atoms with Gasteiger partial charge in [0.2, 0.25) is 0 Å². The van der Waals surface area contributed by atoms with Crippen LogP contribution in [0.2, 0.25) is 5.02 Å². The van der Waals surface area contributed by atoms with E-state index in [9.17, 15) is 4.79 Å². The van der Waals surface area contributed by atoms with E-state index in [0.29, 0.717) is 31.9 Å². The number of aromatic nitrogens is 4. The quantitative estimate of drug-likeness (QED) is 0.609. The first-order valence-corrected chi connectivity index (χ1v) is 9.27. The minimum atomic E-state index is -0.202. The number of hydrogen-bond donors (Lipinski definition) is 2. The molecule has 0 atom stereocenters. The molecular formula is C16H16ClN5O2S2. The second-order valence-corrected chi connectivity index (χ2v) is 7.36. The molecule has 0 aliphatic carbocycles. The summed E-state index contributed by atoms with van der Waals surface area (Å²) < 4.78 is 7.88. The van der Waals surface area contributed by atoms with Crippen LogP contribution < -0.4 is 10.1 Å². The maximum atomic E-state index is 12.4. The maximum Gasteiger partial charge on any atom is 0.263 e. The Hall–Kier alpha value is -2.23. The standard InChI is InChI=1S/C16H16ClN5O2S2/c1-9-14(15(23)18-7-12-20-21-16(25)22(12)2)26-13(19-9)8-24-11-5-3-10(17)4-6-11/h3-6H,7-8H2,1-2H3,(H,18,23)(H,21,25). The molecule has 0 bridgehead atoms. The highest BCUT2D eigenvalue weighted by molar-refractivity contribution is 7.71. The van der Waals surface area contributed by atoms with Crippen LogP contribution in [0.15, 0.2) is 24.3 Å². The van der Waals surface area contributed by atoms with Crippen molar-refractivity contribution in [1.82, 2.24) is 25.1 Å². The van der Waals surface area contributed by atoms with E-state index in [1.54, 1.807) is 42.8 Å². The number of rotatable bonds is 6. The maximum absolute atomic E-state index is 12.4. The zero-order chi connectivity index (χ0) is 18.7. The van der Waals surface area contributed by atoms with Crippen molar-refractivity contribution in [3.63, 3.8) is 0 Å². The Morgan fingerprint density at radius 1 is 1.42 bits per heavy atom. The number of nitrogens with one attached hydrogen (secondary N) is 2. The van der Waals surface area contributed by atoms with E-state index >= 15 is 0 Å². The van der Waals surface area contributed by atoms with Crippen molar-refractivity contribution in [2.75, 3.05) is 0 Å². The summed E-state index contributed by atoms with van der Waals surface area (Å²) in [5, 5.41) is 10.9. The molecule has 10 heteroatoms. The summed E-state index contributed by atoms with van der Waals surface area (Å²) in [6, 6.07) is 7.08. The molecule has 0 saturated heterocycles. The van der Waals surface area contributed by atoms with Gasteiger partial charge in [-0.1, -0.05) is 11.6 Å². The predicted octanol–water partition coefficient (Wildman–Crippen LogP) is 3.41. The van der Waals surface area contributed by atoms with Gasteiger partial charge in [-0.15, -0.1) is 11.3 Å². The number of ether oxygens (including phenoxy) is 1. The number of halogens is 1. The minimum absolute atomic E-state index is 0.202. The van der Waals surface area contributed by atoms with Crippen LogP contribution in [0, 0.1) is 11.7 Å². The summed E-state index contributed by atoms with van der Waals surface area (Å²) in [7, 11) is 1.79. The van der Waals surface area contributed by atoms with Gasteiger partial charge in [-0.05, 0) is 43.4 Å². The highest BCUT2D eigenvalue weighted by atomic mass is 35.5. The van der Waals surface area contributed by atoms with Gasteiger partial charge in [0.1, 0.15) is 22.2 Å². The lowest BCUT2D eigenvalue weighted by atomic mass is 10.3. The summed E-state index contributed by atoms with van der Waals surface area (Å²) in [5.41, 5.74) is 0.664. The molecular weight excluding hydrogens is 394 g/mol. The number of aryl methyl sites for hydroxylation is 1. The zero-order valence-electron chi connectivity index (χ0n) is 14.1. The van der Waals surface area contributed by atoms with Gasteiger partial charge >= 0.3 is 0 Å². The first-order valence-electron chi connectivity index (χ1n) is 7.67. The Morgan fingerprint density at radius 2 is 2.15 bits per heavy atom. The third-order valence-corrected chi connectivity index (χ3v) is 5.35. The number of thiazole rings is 1. The van der Waals surface area contributed by atoms with Crippen molar-refractivity contribution in [3.8, 4) is 5.75 Å². The van der Waals surface area contributed by atoms with Crippen LogP contribution in [0.4, 0.5) is 0 Å². The van der Waals surface area contributed by atoms with Gasteiger partial charge in [-0.25, -0.2) is 4.98 Å². The highest BCUT2D eigenvalue weighted by Gasteiger charge is 2.16. The van der Waals surface area contributed by atoms with E-state index < -0.39 is 0 Å². The van der Waals surface area contributed by atoms with E-state index in [4.69, 9.17) is 28.6 Å². The fourth-order valence-corrected chi connectivity index (χ4v) is 3.35. The molecule has 3 rings (SSSR count). The molecule has 7 nitrogen and oxygen atoms in total. The van der Waals surface area contributed by atoms with E-state index in [1.807, 2.05) is 0 Å². The second kappa shape index (κ2) is 7.98. The summed E-state index contributed by atoms with van der Waals surface area (Å²) in [5.74, 6) is 1.14. The molecule has 2 N–H and O–H groups in total. The Labute approximate surface area is 164 Å². The molecule has 1 amide bonds. The van der Waals surface area contributed by atoms with Crippen molar-refractivity contribution >= 4 is 41.1 Å². The van der Waals surface area contributed by atoms with Gasteiger partial charge in [-0.2, -0.15) is 5.10 Å². The smallest absolute Gasteiger partial charge is 0.263 e. The number of amides is 1. The molecule has 0 spiro atoms. The van der Waals surface area contributed by atoms with Crippen LogP contribution in [-0.2, 0) is 20.2 Å². The monoisotopic (exact) mass is 409 g/mol. The molecule has 26 heavy (non-hydrogen) atoms. The van der Waals surface area contributed by atoms with E-state index in [0.717, 1.165) is 5.01 Å². The third-order valence-electron chi connectivity index (χ3n) is 3.60. The van der Waals surface area contributed by atoms with Gasteiger partial charge in [0.25, 0.3) is 5.91 Å². The van der Waals surface area contributed by atoms with Crippen LogP contribution in [-0.4, -0.2) is 25.7 Å². The SMILES string of the molecule is Cc1nc(COc2ccc(Cl)cc2)sc1C(=O)NCc1n[nH]c(=S)n1C. The first kappa shape index (κ1) is 18.6. The highest BCUT2D eigenvalue weighted by Crippen LogP contribution is 2.21. The fourth-order valence-electron chi connectivity index (χ4n) is 2.18. The van der Waals surface area contributed by atoms with E-state index in [-0.39, 0.29) is 19.1 Å².